The predicted octanol–water partition coefficient (Wildman–Crippen LogP) is 7.57. The lowest BCUT2D eigenvalue weighted by Crippen LogP contribution is -2.31. The summed E-state index contributed by atoms with van der Waals surface area (Å²) in [5.41, 5.74) is 8.01. The van der Waals surface area contributed by atoms with Crippen LogP contribution in [0.4, 0.5) is 11.4 Å². The van der Waals surface area contributed by atoms with E-state index in [2.05, 4.69) is 90.3 Å². The van der Waals surface area contributed by atoms with E-state index in [-0.39, 0.29) is 24.2 Å². The van der Waals surface area contributed by atoms with Gasteiger partial charge in [0.2, 0.25) is 5.91 Å². The molecular weight excluding hydrogens is 643 g/mol. The fourth-order valence-electron chi connectivity index (χ4n) is 7.38. The number of ether oxygens (including phenoxy) is 1. The monoisotopic (exact) mass is 685 g/mol. The number of ketones is 1. The van der Waals surface area contributed by atoms with Gasteiger partial charge in [-0.15, -0.1) is 0 Å². The number of hydrogen-bond donors (Lipinski definition) is 2. The van der Waals surface area contributed by atoms with Crippen LogP contribution in [-0.4, -0.2) is 37.8 Å². The molecule has 0 spiro atoms. The van der Waals surface area contributed by atoms with Gasteiger partial charge in [0.1, 0.15) is 5.75 Å². The van der Waals surface area contributed by atoms with Crippen LogP contribution in [0.15, 0.2) is 128 Å². The molecule has 1 unspecified atom stereocenters. The molecule has 0 aromatic heterocycles. The Balaban J connectivity index is 0.000000324. The van der Waals surface area contributed by atoms with Crippen molar-refractivity contribution in [3.05, 3.63) is 176 Å². The van der Waals surface area contributed by atoms with Crippen LogP contribution >= 0.6 is 0 Å². The molecule has 0 radical (unpaired) electrons. The van der Waals surface area contributed by atoms with Gasteiger partial charge >= 0.3 is 0 Å². The van der Waals surface area contributed by atoms with Gasteiger partial charge in [-0.3, -0.25) is 14.5 Å². The van der Waals surface area contributed by atoms with E-state index in [0.29, 0.717) is 17.0 Å². The minimum absolute atomic E-state index is 0.0550. The summed E-state index contributed by atoms with van der Waals surface area (Å²) in [4.78, 5) is 28.8. The third-order valence-corrected chi connectivity index (χ3v) is 9.91. The number of nitrogens with zero attached hydrogens (tertiary/aromatic N) is 1. The minimum atomic E-state index is -0.136. The summed E-state index contributed by atoms with van der Waals surface area (Å²) < 4.78 is 5.36. The number of amides is 1. The molecule has 1 heterocycles. The maximum absolute atomic E-state index is 13.8. The lowest BCUT2D eigenvalue weighted by molar-refractivity contribution is -0.115. The summed E-state index contributed by atoms with van der Waals surface area (Å²) in [7, 11) is 5.84. The Morgan fingerprint density at radius 3 is 2.38 bits per heavy atom. The molecular formula is C46H43N3O3. The lowest BCUT2D eigenvalue weighted by atomic mass is 9.82. The SMILES string of the molecule is C1=CNc2ccccc2C=C1.COc1ccccc1CC(=O)Nc1ccc(C(=O)C2=c3ccc4c(c3CCC2)C(N(C)C)C=c2ccccc2=4)cc1. The number of para-hydroxylation sites is 2. The molecule has 1 aliphatic heterocycles. The van der Waals surface area contributed by atoms with E-state index in [0.717, 1.165) is 41.3 Å². The van der Waals surface area contributed by atoms with E-state index in [1.807, 2.05) is 66.9 Å². The molecule has 6 heteroatoms. The van der Waals surface area contributed by atoms with Crippen molar-refractivity contribution >= 4 is 40.8 Å². The zero-order valence-electron chi connectivity index (χ0n) is 29.9. The first-order chi connectivity index (χ1) is 25.4. The second kappa shape index (κ2) is 15.5. The summed E-state index contributed by atoms with van der Waals surface area (Å²) >= 11 is 0. The first-order valence-corrected chi connectivity index (χ1v) is 17.8. The van der Waals surface area contributed by atoms with E-state index in [1.165, 1.54) is 32.3 Å². The fraction of sp³-hybridized carbons (Fsp3) is 0.174. The van der Waals surface area contributed by atoms with E-state index < -0.39 is 0 Å². The molecule has 1 atom stereocenters. The van der Waals surface area contributed by atoms with Crippen LogP contribution in [0.25, 0.3) is 17.7 Å². The number of anilines is 2. The molecule has 6 nitrogen and oxygen atoms in total. The van der Waals surface area contributed by atoms with Crippen LogP contribution < -0.4 is 25.8 Å². The zero-order chi connectivity index (χ0) is 36.0. The van der Waals surface area contributed by atoms with Gasteiger partial charge < -0.3 is 15.4 Å². The maximum Gasteiger partial charge on any atom is 0.228 e. The van der Waals surface area contributed by atoms with E-state index in [9.17, 15) is 9.59 Å². The molecule has 8 rings (SSSR count). The molecule has 1 amide bonds. The highest BCUT2D eigenvalue weighted by molar-refractivity contribution is 6.24. The minimum Gasteiger partial charge on any atom is -0.496 e. The number of rotatable bonds is 7. The van der Waals surface area contributed by atoms with E-state index in [1.54, 1.807) is 19.2 Å². The standard InChI is InChI=1S/C36H34N2O3.C10H9N/c1-38(2)32-21-24-9-4-6-11-27(24)30-20-19-28-29(35(30)32)12-8-13-31(28)36(40)23-15-17-26(18-16-23)37-34(39)22-25-10-5-7-14-33(25)41-3;1-2-7-10-9(5-1)6-3-4-8-11-10/h4-7,9-11,14-21,32H,8,12-13,22H2,1-3H3,(H,37,39);1-8,11H. The van der Waals surface area contributed by atoms with Gasteiger partial charge in [0, 0.05) is 34.3 Å². The van der Waals surface area contributed by atoms with E-state index in [4.69, 9.17) is 4.74 Å². The van der Waals surface area contributed by atoms with Crippen molar-refractivity contribution in [2.24, 2.45) is 0 Å². The molecule has 5 aromatic rings. The van der Waals surface area contributed by atoms with Crippen molar-refractivity contribution < 1.29 is 14.3 Å². The average Bonchev–Trinajstić information content (AvgIpc) is 3.43. The summed E-state index contributed by atoms with van der Waals surface area (Å²) in [6, 6.07) is 36.0. The highest BCUT2D eigenvalue weighted by Crippen LogP contribution is 2.30. The second-order valence-corrected chi connectivity index (χ2v) is 13.4. The highest BCUT2D eigenvalue weighted by Gasteiger charge is 2.25. The quantitative estimate of drug-likeness (QED) is 0.173. The van der Waals surface area contributed by atoms with Crippen molar-refractivity contribution in [1.82, 2.24) is 4.90 Å². The third-order valence-electron chi connectivity index (χ3n) is 9.91. The Hall–Kier alpha value is -5.98. The van der Waals surface area contributed by atoms with Crippen molar-refractivity contribution in [2.75, 3.05) is 31.8 Å². The molecule has 0 saturated heterocycles. The summed E-state index contributed by atoms with van der Waals surface area (Å²) in [5, 5.41) is 11.0. The van der Waals surface area contributed by atoms with Crippen molar-refractivity contribution in [3.8, 4) is 5.75 Å². The Morgan fingerprint density at radius 1 is 0.808 bits per heavy atom. The number of fused-ring (bicyclic) bond motifs is 5. The Kier molecular flexibility index (Phi) is 10.3. The predicted molar refractivity (Wildman–Crippen MR) is 211 cm³/mol. The van der Waals surface area contributed by atoms with Crippen LogP contribution in [0.1, 0.15) is 51.5 Å². The number of methoxy groups -OCH3 is 1. The van der Waals surface area contributed by atoms with Gasteiger partial charge in [-0.1, -0.05) is 91.0 Å². The molecule has 0 bridgehead atoms. The molecule has 3 aliphatic rings. The van der Waals surface area contributed by atoms with Crippen LogP contribution in [0.5, 0.6) is 5.75 Å². The first-order valence-electron chi connectivity index (χ1n) is 17.8. The summed E-state index contributed by atoms with van der Waals surface area (Å²) in [6.45, 7) is 0. The number of hydrogen-bond acceptors (Lipinski definition) is 5. The molecule has 5 aromatic carbocycles. The lowest BCUT2D eigenvalue weighted by Gasteiger charge is -2.29. The topological polar surface area (TPSA) is 70.7 Å². The summed E-state index contributed by atoms with van der Waals surface area (Å²) in [6.07, 6.45) is 13.3. The summed E-state index contributed by atoms with van der Waals surface area (Å²) in [5.74, 6) is 0.607. The van der Waals surface area contributed by atoms with Gasteiger partial charge in [-0.2, -0.15) is 0 Å². The Labute approximate surface area is 304 Å². The highest BCUT2D eigenvalue weighted by atomic mass is 16.5. The molecule has 52 heavy (non-hydrogen) atoms. The molecule has 0 saturated carbocycles. The van der Waals surface area contributed by atoms with Crippen molar-refractivity contribution in [1.29, 1.82) is 0 Å². The van der Waals surface area contributed by atoms with E-state index >= 15 is 0 Å². The number of carbonyl (C=O) groups is 2. The van der Waals surface area contributed by atoms with Crippen LogP contribution in [-0.2, 0) is 17.6 Å². The number of allylic oxidation sites excluding steroid dienone is 2. The Morgan fingerprint density at radius 2 is 1.56 bits per heavy atom. The van der Waals surface area contributed by atoms with Gasteiger partial charge in [0.05, 0.1) is 19.6 Å². The molecule has 2 aliphatic carbocycles. The largest absolute Gasteiger partial charge is 0.496 e. The van der Waals surface area contributed by atoms with Gasteiger partial charge in [0.25, 0.3) is 0 Å². The number of carbonyl (C=O) groups excluding carboxylic acids is 2. The normalized spacial score (nSPS) is 14.9. The van der Waals surface area contributed by atoms with Crippen LogP contribution in [0, 0.1) is 10.4 Å². The number of Topliss-reactive ketones (excluding diaryl/α,β-unsaturated/α-hetero) is 1. The number of nitrogens with one attached hydrogen (secondary N) is 2. The van der Waals surface area contributed by atoms with Gasteiger partial charge in [0.15, 0.2) is 5.78 Å². The zero-order valence-corrected chi connectivity index (χ0v) is 29.9. The first kappa shape index (κ1) is 34.5. The maximum atomic E-state index is 13.8. The van der Waals surface area contributed by atoms with Gasteiger partial charge in [-0.05, 0) is 113 Å². The van der Waals surface area contributed by atoms with Crippen LogP contribution in [0.2, 0.25) is 0 Å². The Bertz CT molecular complexity index is 2430. The molecule has 260 valence electrons. The smallest absolute Gasteiger partial charge is 0.228 e. The van der Waals surface area contributed by atoms with Gasteiger partial charge in [-0.25, -0.2) is 0 Å². The number of benzene rings is 5. The van der Waals surface area contributed by atoms with Crippen LogP contribution in [0.3, 0.4) is 0 Å². The molecule has 2 N–H and O–H groups in total. The van der Waals surface area contributed by atoms with Crippen molar-refractivity contribution in [3.63, 3.8) is 0 Å². The molecule has 0 fully saturated rings. The second-order valence-electron chi connectivity index (χ2n) is 13.4. The third kappa shape index (κ3) is 7.25. The average molecular weight is 686 g/mol. The van der Waals surface area contributed by atoms with Crippen molar-refractivity contribution in [2.45, 2.75) is 31.7 Å². The fourth-order valence-corrected chi connectivity index (χ4v) is 7.38.